The standard InChI is InChI=1S/C14H15Cl2NO3S/c15-12-4-3-10(21(16,19)20)7-11(12)13(18)17-8-14(5-6-14)9-1-2-9/h3-4,7,9H,1-2,5-6,8H2,(H,17,18). The van der Waals surface area contributed by atoms with Gasteiger partial charge in [0.05, 0.1) is 15.5 Å². The normalized spacial score (nSPS) is 20.1. The quantitative estimate of drug-likeness (QED) is 0.832. The fraction of sp³-hybridized carbons (Fsp3) is 0.500. The monoisotopic (exact) mass is 347 g/mol. The summed E-state index contributed by atoms with van der Waals surface area (Å²) in [6, 6.07) is 3.88. The molecule has 114 valence electrons. The van der Waals surface area contributed by atoms with Crippen LogP contribution in [0.3, 0.4) is 0 Å². The van der Waals surface area contributed by atoms with Gasteiger partial charge in [-0.25, -0.2) is 8.42 Å². The Balaban J connectivity index is 1.74. The second-order valence-electron chi connectivity index (χ2n) is 5.90. The van der Waals surface area contributed by atoms with Crippen molar-refractivity contribution >= 4 is 37.2 Å². The highest BCUT2D eigenvalue weighted by atomic mass is 35.7. The third kappa shape index (κ3) is 3.20. The molecule has 0 bridgehead atoms. The van der Waals surface area contributed by atoms with Crippen LogP contribution in [0.1, 0.15) is 36.0 Å². The van der Waals surface area contributed by atoms with E-state index in [0.29, 0.717) is 6.54 Å². The van der Waals surface area contributed by atoms with E-state index in [1.165, 1.54) is 31.0 Å². The molecule has 0 radical (unpaired) electrons. The van der Waals surface area contributed by atoms with Gasteiger partial charge in [0.1, 0.15) is 0 Å². The molecule has 0 aromatic heterocycles. The maximum atomic E-state index is 12.2. The number of rotatable bonds is 5. The second-order valence-corrected chi connectivity index (χ2v) is 8.87. The van der Waals surface area contributed by atoms with E-state index >= 15 is 0 Å². The molecule has 3 rings (SSSR count). The molecule has 0 spiro atoms. The molecular weight excluding hydrogens is 333 g/mol. The summed E-state index contributed by atoms with van der Waals surface area (Å²) in [5.41, 5.74) is 0.420. The van der Waals surface area contributed by atoms with Gasteiger partial charge in [-0.15, -0.1) is 0 Å². The first kappa shape index (κ1) is 15.1. The van der Waals surface area contributed by atoms with Crippen LogP contribution in [0.25, 0.3) is 0 Å². The summed E-state index contributed by atoms with van der Waals surface area (Å²) in [6.45, 7) is 0.630. The molecular formula is C14H15Cl2NO3S. The summed E-state index contributed by atoms with van der Waals surface area (Å²) >= 11 is 5.98. The van der Waals surface area contributed by atoms with E-state index in [-0.39, 0.29) is 26.8 Å². The van der Waals surface area contributed by atoms with Crippen LogP contribution in [0.2, 0.25) is 5.02 Å². The minimum Gasteiger partial charge on any atom is -0.351 e. The molecule has 1 aromatic carbocycles. The van der Waals surface area contributed by atoms with Crippen LogP contribution in [-0.4, -0.2) is 20.9 Å². The second kappa shape index (κ2) is 5.14. The summed E-state index contributed by atoms with van der Waals surface area (Å²) in [7, 11) is 1.42. The Hall–Kier alpha value is -0.780. The van der Waals surface area contributed by atoms with E-state index in [1.807, 2.05) is 0 Å². The zero-order chi connectivity index (χ0) is 15.3. The van der Waals surface area contributed by atoms with Gasteiger partial charge in [0.15, 0.2) is 0 Å². The number of hydrogen-bond donors (Lipinski definition) is 1. The molecule has 0 heterocycles. The molecule has 2 saturated carbocycles. The van der Waals surface area contributed by atoms with Crippen molar-refractivity contribution in [3.63, 3.8) is 0 Å². The Kier molecular flexibility index (Phi) is 3.71. The number of nitrogens with one attached hydrogen (secondary N) is 1. The number of benzene rings is 1. The highest BCUT2D eigenvalue weighted by Crippen LogP contribution is 2.60. The van der Waals surface area contributed by atoms with Crippen LogP contribution >= 0.6 is 22.3 Å². The molecule has 4 nitrogen and oxygen atoms in total. The lowest BCUT2D eigenvalue weighted by atomic mass is 10.0. The van der Waals surface area contributed by atoms with E-state index in [0.717, 1.165) is 18.8 Å². The lowest BCUT2D eigenvalue weighted by molar-refractivity contribution is 0.0942. The van der Waals surface area contributed by atoms with Gasteiger partial charge in [0, 0.05) is 17.2 Å². The van der Waals surface area contributed by atoms with Gasteiger partial charge in [-0.1, -0.05) is 11.6 Å². The first-order valence-electron chi connectivity index (χ1n) is 6.84. The number of halogens is 2. The van der Waals surface area contributed by atoms with E-state index in [9.17, 15) is 13.2 Å². The summed E-state index contributed by atoms with van der Waals surface area (Å²) in [5, 5.41) is 3.10. The molecule has 0 saturated heterocycles. The van der Waals surface area contributed by atoms with Gasteiger partial charge >= 0.3 is 0 Å². The van der Waals surface area contributed by atoms with E-state index in [2.05, 4.69) is 5.32 Å². The molecule has 0 unspecified atom stereocenters. The van der Waals surface area contributed by atoms with E-state index in [1.54, 1.807) is 0 Å². The predicted octanol–water partition coefficient (Wildman–Crippen LogP) is 3.19. The molecule has 2 aliphatic rings. The Labute approximate surface area is 133 Å². The first-order chi connectivity index (χ1) is 9.82. The van der Waals surface area contributed by atoms with Gasteiger partial charge < -0.3 is 5.32 Å². The molecule has 1 aromatic rings. The van der Waals surface area contributed by atoms with Gasteiger partial charge in [-0.2, -0.15) is 0 Å². The average Bonchev–Trinajstić information content (AvgIpc) is 3.25. The lowest BCUT2D eigenvalue weighted by Gasteiger charge is -2.15. The van der Waals surface area contributed by atoms with Crippen LogP contribution in [0.15, 0.2) is 23.1 Å². The third-order valence-corrected chi connectivity index (χ3v) is 6.08. The van der Waals surface area contributed by atoms with Crippen LogP contribution in [0.4, 0.5) is 0 Å². The Morgan fingerprint density at radius 2 is 2.00 bits per heavy atom. The first-order valence-corrected chi connectivity index (χ1v) is 9.53. The maximum Gasteiger partial charge on any atom is 0.261 e. The number of carbonyl (C=O) groups excluding carboxylic acids is 1. The molecule has 2 aliphatic carbocycles. The highest BCUT2D eigenvalue weighted by molar-refractivity contribution is 8.13. The van der Waals surface area contributed by atoms with Crippen LogP contribution in [-0.2, 0) is 9.05 Å². The molecule has 1 amide bonds. The Morgan fingerprint density at radius 1 is 1.33 bits per heavy atom. The number of hydrogen-bond acceptors (Lipinski definition) is 3. The Morgan fingerprint density at radius 3 is 2.52 bits per heavy atom. The SMILES string of the molecule is O=C(NCC1(C2CC2)CC1)c1cc(S(=O)(=O)Cl)ccc1Cl. The molecule has 0 atom stereocenters. The van der Waals surface area contributed by atoms with Crippen LogP contribution < -0.4 is 5.32 Å². The summed E-state index contributed by atoms with van der Waals surface area (Å²) in [4.78, 5) is 12.1. The van der Waals surface area contributed by atoms with Gasteiger partial charge in [0.25, 0.3) is 15.0 Å². The van der Waals surface area contributed by atoms with Gasteiger partial charge in [-0.3, -0.25) is 4.79 Å². The van der Waals surface area contributed by atoms with Gasteiger partial charge in [-0.05, 0) is 55.2 Å². The molecule has 7 heteroatoms. The average molecular weight is 348 g/mol. The smallest absolute Gasteiger partial charge is 0.261 e. The van der Waals surface area contributed by atoms with Crippen molar-refractivity contribution in [2.45, 2.75) is 30.6 Å². The van der Waals surface area contributed by atoms with Crippen molar-refractivity contribution in [3.8, 4) is 0 Å². The highest BCUT2D eigenvalue weighted by Gasteiger charge is 2.53. The molecule has 2 fully saturated rings. The van der Waals surface area contributed by atoms with Crippen molar-refractivity contribution in [3.05, 3.63) is 28.8 Å². The number of carbonyl (C=O) groups is 1. The zero-order valence-corrected chi connectivity index (χ0v) is 13.6. The van der Waals surface area contributed by atoms with Gasteiger partial charge in [0.2, 0.25) is 0 Å². The lowest BCUT2D eigenvalue weighted by Crippen LogP contribution is -2.31. The van der Waals surface area contributed by atoms with Crippen LogP contribution in [0, 0.1) is 11.3 Å². The third-order valence-electron chi connectivity index (χ3n) is 4.40. The fourth-order valence-electron chi connectivity index (χ4n) is 2.77. The molecule has 0 aliphatic heterocycles. The van der Waals surface area contributed by atoms with Crippen molar-refractivity contribution < 1.29 is 13.2 Å². The fourth-order valence-corrected chi connectivity index (χ4v) is 3.75. The minimum absolute atomic E-state index is 0.123. The summed E-state index contributed by atoms with van der Waals surface area (Å²) in [5.74, 6) is 0.386. The van der Waals surface area contributed by atoms with Crippen molar-refractivity contribution in [1.82, 2.24) is 5.32 Å². The number of amides is 1. The predicted molar refractivity (Wildman–Crippen MR) is 81.2 cm³/mol. The zero-order valence-electron chi connectivity index (χ0n) is 11.2. The Bertz CT molecular complexity index is 694. The van der Waals surface area contributed by atoms with Crippen molar-refractivity contribution in [2.75, 3.05) is 6.54 Å². The summed E-state index contributed by atoms with van der Waals surface area (Å²) < 4.78 is 22.7. The molecule has 1 N–H and O–H groups in total. The van der Waals surface area contributed by atoms with E-state index < -0.39 is 9.05 Å². The largest absolute Gasteiger partial charge is 0.351 e. The summed E-state index contributed by atoms with van der Waals surface area (Å²) in [6.07, 6.45) is 4.80. The van der Waals surface area contributed by atoms with Crippen molar-refractivity contribution in [2.24, 2.45) is 11.3 Å². The minimum atomic E-state index is -3.88. The van der Waals surface area contributed by atoms with E-state index in [4.69, 9.17) is 22.3 Å². The topological polar surface area (TPSA) is 63.2 Å². The van der Waals surface area contributed by atoms with Crippen LogP contribution in [0.5, 0.6) is 0 Å². The molecule has 21 heavy (non-hydrogen) atoms. The maximum absolute atomic E-state index is 12.2. The van der Waals surface area contributed by atoms with Crippen molar-refractivity contribution in [1.29, 1.82) is 0 Å².